The SMILES string of the molecule is CCC(C)Oc1cccc(C(=O)Nc2ccc(C)c(NC(C)=O)c2)c1. The van der Waals surface area contributed by atoms with Crippen LogP contribution < -0.4 is 15.4 Å². The Morgan fingerprint density at radius 2 is 1.88 bits per heavy atom. The highest BCUT2D eigenvalue weighted by molar-refractivity contribution is 6.05. The largest absolute Gasteiger partial charge is 0.491 e. The molecule has 0 fully saturated rings. The van der Waals surface area contributed by atoms with E-state index in [4.69, 9.17) is 4.74 Å². The average Bonchev–Trinajstić information content (AvgIpc) is 2.57. The lowest BCUT2D eigenvalue weighted by Gasteiger charge is -2.14. The van der Waals surface area contributed by atoms with Crippen LogP contribution in [0.1, 0.15) is 43.1 Å². The molecule has 0 aliphatic heterocycles. The van der Waals surface area contributed by atoms with Gasteiger partial charge in [-0.05, 0) is 56.2 Å². The highest BCUT2D eigenvalue weighted by atomic mass is 16.5. The van der Waals surface area contributed by atoms with E-state index in [9.17, 15) is 9.59 Å². The van der Waals surface area contributed by atoms with Crippen LogP contribution in [0.5, 0.6) is 5.75 Å². The minimum absolute atomic E-state index is 0.0932. The summed E-state index contributed by atoms with van der Waals surface area (Å²) in [5.41, 5.74) is 2.74. The zero-order chi connectivity index (χ0) is 18.4. The second kappa shape index (κ2) is 8.33. The van der Waals surface area contributed by atoms with Crippen molar-refractivity contribution >= 4 is 23.2 Å². The molecule has 0 saturated heterocycles. The van der Waals surface area contributed by atoms with Crippen LogP contribution in [0.15, 0.2) is 42.5 Å². The third-order valence-corrected chi connectivity index (χ3v) is 3.81. The summed E-state index contributed by atoms with van der Waals surface area (Å²) in [5.74, 6) is 0.290. The standard InChI is InChI=1S/C20H24N2O3/c1-5-14(3)25-18-8-6-7-16(11-18)20(24)22-17-10-9-13(2)19(12-17)21-15(4)23/h6-12,14H,5H2,1-4H3,(H,21,23)(H,22,24). The van der Waals surface area contributed by atoms with Gasteiger partial charge in [-0.3, -0.25) is 9.59 Å². The number of hydrogen-bond acceptors (Lipinski definition) is 3. The smallest absolute Gasteiger partial charge is 0.255 e. The van der Waals surface area contributed by atoms with Crippen molar-refractivity contribution in [1.29, 1.82) is 0 Å². The van der Waals surface area contributed by atoms with Crippen LogP contribution in [-0.4, -0.2) is 17.9 Å². The molecule has 0 spiro atoms. The maximum Gasteiger partial charge on any atom is 0.255 e. The highest BCUT2D eigenvalue weighted by Gasteiger charge is 2.10. The lowest BCUT2D eigenvalue weighted by atomic mass is 10.1. The molecule has 2 aromatic carbocycles. The molecule has 132 valence electrons. The van der Waals surface area contributed by atoms with E-state index in [1.165, 1.54) is 6.92 Å². The van der Waals surface area contributed by atoms with Gasteiger partial charge in [0.1, 0.15) is 5.75 Å². The monoisotopic (exact) mass is 340 g/mol. The van der Waals surface area contributed by atoms with Gasteiger partial charge >= 0.3 is 0 Å². The van der Waals surface area contributed by atoms with Gasteiger partial charge in [0.25, 0.3) is 5.91 Å². The highest BCUT2D eigenvalue weighted by Crippen LogP contribution is 2.22. The molecule has 5 nitrogen and oxygen atoms in total. The normalized spacial score (nSPS) is 11.5. The van der Waals surface area contributed by atoms with E-state index >= 15 is 0 Å². The summed E-state index contributed by atoms with van der Waals surface area (Å²) >= 11 is 0. The van der Waals surface area contributed by atoms with E-state index in [0.717, 1.165) is 12.0 Å². The van der Waals surface area contributed by atoms with Gasteiger partial charge in [-0.25, -0.2) is 0 Å². The van der Waals surface area contributed by atoms with E-state index in [1.54, 1.807) is 30.3 Å². The molecule has 2 amide bonds. The fourth-order valence-corrected chi connectivity index (χ4v) is 2.25. The van der Waals surface area contributed by atoms with Crippen molar-refractivity contribution in [3.8, 4) is 5.75 Å². The third kappa shape index (κ3) is 5.35. The summed E-state index contributed by atoms with van der Waals surface area (Å²) < 4.78 is 5.76. The number of benzene rings is 2. The summed E-state index contributed by atoms with van der Waals surface area (Å²) in [6.07, 6.45) is 0.988. The van der Waals surface area contributed by atoms with Crippen LogP contribution in [0.25, 0.3) is 0 Å². The predicted molar refractivity (Wildman–Crippen MR) is 100 cm³/mol. The number of aryl methyl sites for hydroxylation is 1. The first-order valence-corrected chi connectivity index (χ1v) is 8.35. The Morgan fingerprint density at radius 3 is 2.56 bits per heavy atom. The van der Waals surface area contributed by atoms with Crippen LogP contribution in [0.3, 0.4) is 0 Å². The van der Waals surface area contributed by atoms with E-state index in [-0.39, 0.29) is 17.9 Å². The van der Waals surface area contributed by atoms with Crippen molar-refractivity contribution in [3.05, 3.63) is 53.6 Å². The molecule has 5 heteroatoms. The molecule has 0 aliphatic carbocycles. The van der Waals surface area contributed by atoms with Crippen LogP contribution >= 0.6 is 0 Å². The average molecular weight is 340 g/mol. The number of anilines is 2. The Labute approximate surface area is 148 Å². The Morgan fingerprint density at radius 1 is 1.12 bits per heavy atom. The van der Waals surface area contributed by atoms with Crippen LogP contribution in [-0.2, 0) is 4.79 Å². The minimum Gasteiger partial charge on any atom is -0.491 e. The lowest BCUT2D eigenvalue weighted by Crippen LogP contribution is -2.14. The minimum atomic E-state index is -0.229. The Hall–Kier alpha value is -2.82. The predicted octanol–water partition coefficient (Wildman–Crippen LogP) is 4.38. The summed E-state index contributed by atoms with van der Waals surface area (Å²) in [4.78, 5) is 23.7. The van der Waals surface area contributed by atoms with Gasteiger partial charge in [-0.1, -0.05) is 19.1 Å². The van der Waals surface area contributed by atoms with Gasteiger partial charge in [0.05, 0.1) is 6.10 Å². The molecule has 1 atom stereocenters. The molecule has 2 aromatic rings. The molecule has 1 unspecified atom stereocenters. The van der Waals surface area contributed by atoms with Crippen molar-refractivity contribution in [2.24, 2.45) is 0 Å². The molecule has 0 heterocycles. The lowest BCUT2D eigenvalue weighted by molar-refractivity contribution is -0.114. The van der Waals surface area contributed by atoms with E-state index in [1.807, 2.05) is 32.9 Å². The molecule has 2 rings (SSSR count). The molecule has 0 radical (unpaired) electrons. The Kier molecular flexibility index (Phi) is 6.17. The first-order chi connectivity index (χ1) is 11.9. The number of nitrogens with one attached hydrogen (secondary N) is 2. The van der Waals surface area contributed by atoms with E-state index in [0.29, 0.717) is 22.7 Å². The second-order valence-electron chi connectivity index (χ2n) is 6.03. The summed E-state index contributed by atoms with van der Waals surface area (Å²) in [7, 11) is 0. The van der Waals surface area contributed by atoms with Crippen molar-refractivity contribution in [2.75, 3.05) is 10.6 Å². The number of rotatable bonds is 6. The molecule has 2 N–H and O–H groups in total. The number of carbonyl (C=O) groups is 2. The molecule has 0 saturated carbocycles. The first kappa shape index (κ1) is 18.5. The van der Waals surface area contributed by atoms with Crippen LogP contribution in [0.4, 0.5) is 11.4 Å². The third-order valence-electron chi connectivity index (χ3n) is 3.81. The fraction of sp³-hybridized carbons (Fsp3) is 0.300. The maximum absolute atomic E-state index is 12.5. The van der Waals surface area contributed by atoms with E-state index < -0.39 is 0 Å². The van der Waals surface area contributed by atoms with E-state index in [2.05, 4.69) is 10.6 Å². The molecule has 0 bridgehead atoms. The van der Waals surface area contributed by atoms with Crippen molar-refractivity contribution in [1.82, 2.24) is 0 Å². The molecule has 0 aliphatic rings. The van der Waals surface area contributed by atoms with Gasteiger partial charge < -0.3 is 15.4 Å². The zero-order valence-corrected chi connectivity index (χ0v) is 15.1. The van der Waals surface area contributed by atoms with Gasteiger partial charge in [-0.2, -0.15) is 0 Å². The zero-order valence-electron chi connectivity index (χ0n) is 15.1. The molecule has 0 aromatic heterocycles. The quantitative estimate of drug-likeness (QED) is 0.820. The second-order valence-corrected chi connectivity index (χ2v) is 6.03. The van der Waals surface area contributed by atoms with Gasteiger partial charge in [0.2, 0.25) is 5.91 Å². The number of amides is 2. The first-order valence-electron chi connectivity index (χ1n) is 8.35. The molecular weight excluding hydrogens is 316 g/mol. The number of ether oxygens (including phenoxy) is 1. The van der Waals surface area contributed by atoms with Gasteiger partial charge in [0.15, 0.2) is 0 Å². The van der Waals surface area contributed by atoms with Crippen molar-refractivity contribution in [2.45, 2.75) is 40.2 Å². The Bertz CT molecular complexity index is 771. The van der Waals surface area contributed by atoms with Gasteiger partial charge in [-0.15, -0.1) is 0 Å². The van der Waals surface area contributed by atoms with Crippen molar-refractivity contribution in [3.63, 3.8) is 0 Å². The molecule has 25 heavy (non-hydrogen) atoms. The van der Waals surface area contributed by atoms with Crippen molar-refractivity contribution < 1.29 is 14.3 Å². The number of hydrogen-bond donors (Lipinski definition) is 2. The Balaban J connectivity index is 2.14. The number of carbonyl (C=O) groups excluding carboxylic acids is 2. The summed E-state index contributed by atoms with van der Waals surface area (Å²) in [6.45, 7) is 7.38. The van der Waals surface area contributed by atoms with Crippen LogP contribution in [0, 0.1) is 6.92 Å². The molecular formula is C20H24N2O3. The fourth-order valence-electron chi connectivity index (χ4n) is 2.25. The summed E-state index contributed by atoms with van der Waals surface area (Å²) in [5, 5.41) is 5.60. The summed E-state index contributed by atoms with van der Waals surface area (Å²) in [6, 6.07) is 12.5. The topological polar surface area (TPSA) is 67.4 Å². The van der Waals surface area contributed by atoms with Crippen LogP contribution in [0.2, 0.25) is 0 Å². The maximum atomic E-state index is 12.5. The van der Waals surface area contributed by atoms with Gasteiger partial charge in [0, 0.05) is 23.9 Å².